The molecule has 0 saturated heterocycles. The molecule has 0 saturated carbocycles. The lowest BCUT2D eigenvalue weighted by Gasteiger charge is -2.25. The average molecular weight is 567 g/mol. The predicted molar refractivity (Wildman–Crippen MR) is 135 cm³/mol. The van der Waals surface area contributed by atoms with Crippen molar-refractivity contribution in [1.29, 1.82) is 0 Å². The number of benzene rings is 3. The minimum atomic E-state index is -0.644. The minimum Gasteiger partial charge on any atom is -0.490 e. The Bertz CT molecular complexity index is 1460. The van der Waals surface area contributed by atoms with Gasteiger partial charge in [0.25, 0.3) is 5.91 Å². The second kappa shape index (κ2) is 8.65. The topological polar surface area (TPSA) is 59.8 Å². The molecule has 0 aliphatic carbocycles. The van der Waals surface area contributed by atoms with Crippen molar-refractivity contribution in [2.24, 2.45) is 0 Å². The van der Waals surface area contributed by atoms with Crippen molar-refractivity contribution in [3.8, 4) is 5.75 Å². The Kier molecular flexibility index (Phi) is 5.68. The third kappa shape index (κ3) is 3.81. The van der Waals surface area contributed by atoms with Crippen LogP contribution in [0.3, 0.4) is 0 Å². The molecule has 1 amide bonds. The van der Waals surface area contributed by atoms with E-state index in [1.54, 1.807) is 29.2 Å². The van der Waals surface area contributed by atoms with Crippen LogP contribution in [0.25, 0.3) is 11.0 Å². The van der Waals surface area contributed by atoms with Gasteiger partial charge in [-0.3, -0.25) is 14.5 Å². The van der Waals surface area contributed by atoms with Crippen LogP contribution in [-0.4, -0.2) is 12.5 Å². The number of hydrogen-bond acceptors (Lipinski definition) is 4. The molecule has 5 nitrogen and oxygen atoms in total. The lowest BCUT2D eigenvalue weighted by Crippen LogP contribution is -2.29. The highest BCUT2D eigenvalue weighted by atomic mass is 79.9. The maximum Gasteiger partial charge on any atom is 0.295 e. The lowest BCUT2D eigenvalue weighted by molar-refractivity contribution is 0.0971. The minimum absolute atomic E-state index is 0.0618. The van der Waals surface area contributed by atoms with E-state index in [-0.39, 0.29) is 17.1 Å². The number of anilines is 1. The van der Waals surface area contributed by atoms with E-state index < -0.39 is 6.04 Å². The fourth-order valence-electron chi connectivity index (χ4n) is 4.05. The SMILES string of the molecule is C=CCOc1ccc(C2c3c(oc4ccc(Br)cc4c3=O)C(=O)N2c2cccc(Br)c2)cc1. The third-order valence-electron chi connectivity index (χ3n) is 5.48. The predicted octanol–water partition coefficient (Wildman–Crippen LogP) is 6.63. The van der Waals surface area contributed by atoms with Crippen molar-refractivity contribution >= 4 is 54.4 Å². The Balaban J connectivity index is 1.73. The number of carbonyl (C=O) groups is 1. The first-order chi connectivity index (χ1) is 16.0. The van der Waals surface area contributed by atoms with Gasteiger partial charge in [0.1, 0.15) is 17.9 Å². The summed E-state index contributed by atoms with van der Waals surface area (Å²) >= 11 is 6.90. The molecule has 0 spiro atoms. The van der Waals surface area contributed by atoms with Gasteiger partial charge in [0, 0.05) is 14.6 Å². The first kappa shape index (κ1) is 21.7. The molecule has 7 heteroatoms. The van der Waals surface area contributed by atoms with E-state index in [9.17, 15) is 9.59 Å². The standard InChI is InChI=1S/C26H17Br2NO4/c1-2-12-32-19-9-6-15(7-10-19)23-22-24(30)20-14-17(28)8-11-21(20)33-25(22)26(31)29(23)18-5-3-4-16(27)13-18/h2-11,13-14,23H,1,12H2. The first-order valence-corrected chi connectivity index (χ1v) is 11.8. The Morgan fingerprint density at radius 1 is 1.00 bits per heavy atom. The fourth-order valence-corrected chi connectivity index (χ4v) is 4.80. The number of hydrogen-bond donors (Lipinski definition) is 0. The Labute approximate surface area is 206 Å². The Hall–Kier alpha value is -3.16. The van der Waals surface area contributed by atoms with Gasteiger partial charge in [0.2, 0.25) is 5.76 Å². The summed E-state index contributed by atoms with van der Waals surface area (Å²) in [6.07, 6.45) is 1.67. The summed E-state index contributed by atoms with van der Waals surface area (Å²) in [5.74, 6) is 0.375. The van der Waals surface area contributed by atoms with Crippen LogP contribution in [0.15, 0.2) is 97.5 Å². The van der Waals surface area contributed by atoms with Gasteiger partial charge in [-0.05, 0) is 54.1 Å². The van der Waals surface area contributed by atoms with Gasteiger partial charge in [0.15, 0.2) is 5.43 Å². The molecule has 0 fully saturated rings. The summed E-state index contributed by atoms with van der Waals surface area (Å²) in [6, 6.07) is 19.3. The Morgan fingerprint density at radius 2 is 1.76 bits per heavy atom. The largest absolute Gasteiger partial charge is 0.490 e. The number of fused-ring (bicyclic) bond motifs is 2. The van der Waals surface area contributed by atoms with Gasteiger partial charge in [0.05, 0.1) is 17.0 Å². The Morgan fingerprint density at radius 3 is 2.48 bits per heavy atom. The quantitative estimate of drug-likeness (QED) is 0.254. The molecule has 0 bridgehead atoms. The second-order valence-electron chi connectivity index (χ2n) is 7.54. The molecular weight excluding hydrogens is 550 g/mol. The molecule has 1 unspecified atom stereocenters. The van der Waals surface area contributed by atoms with Crippen LogP contribution < -0.4 is 15.1 Å². The zero-order valence-corrected chi connectivity index (χ0v) is 20.4. The maximum absolute atomic E-state index is 13.6. The molecule has 4 aromatic rings. The van der Waals surface area contributed by atoms with E-state index in [2.05, 4.69) is 38.4 Å². The highest BCUT2D eigenvalue weighted by Crippen LogP contribution is 2.42. The zero-order valence-electron chi connectivity index (χ0n) is 17.3. The van der Waals surface area contributed by atoms with E-state index in [1.165, 1.54) is 0 Å². The molecule has 1 atom stereocenters. The van der Waals surface area contributed by atoms with E-state index in [1.807, 2.05) is 48.5 Å². The summed E-state index contributed by atoms with van der Waals surface area (Å²) in [7, 11) is 0. The number of halogens is 2. The third-order valence-corrected chi connectivity index (χ3v) is 6.47. The summed E-state index contributed by atoms with van der Waals surface area (Å²) in [5.41, 5.74) is 1.90. The van der Waals surface area contributed by atoms with Gasteiger partial charge in [-0.2, -0.15) is 0 Å². The van der Waals surface area contributed by atoms with Crippen LogP contribution in [-0.2, 0) is 0 Å². The molecule has 2 heterocycles. The molecule has 1 aliphatic heterocycles. The maximum atomic E-state index is 13.6. The number of nitrogens with zero attached hydrogens (tertiary/aromatic N) is 1. The molecule has 33 heavy (non-hydrogen) atoms. The number of rotatable bonds is 5. The van der Waals surface area contributed by atoms with E-state index >= 15 is 0 Å². The number of ether oxygens (including phenoxy) is 1. The molecule has 0 N–H and O–H groups in total. The number of carbonyl (C=O) groups excluding carboxylic acids is 1. The highest BCUT2D eigenvalue weighted by molar-refractivity contribution is 9.10. The van der Waals surface area contributed by atoms with Gasteiger partial charge >= 0.3 is 0 Å². The monoisotopic (exact) mass is 565 g/mol. The van der Waals surface area contributed by atoms with Crippen molar-refractivity contribution in [2.75, 3.05) is 11.5 Å². The first-order valence-electron chi connectivity index (χ1n) is 10.2. The van der Waals surface area contributed by atoms with E-state index in [0.29, 0.717) is 34.6 Å². The van der Waals surface area contributed by atoms with Gasteiger partial charge in [-0.1, -0.05) is 62.7 Å². The van der Waals surface area contributed by atoms with Crippen molar-refractivity contribution in [1.82, 2.24) is 0 Å². The summed E-state index contributed by atoms with van der Waals surface area (Å²) in [6.45, 7) is 4.05. The lowest BCUT2D eigenvalue weighted by atomic mass is 9.98. The highest BCUT2D eigenvalue weighted by Gasteiger charge is 2.43. The van der Waals surface area contributed by atoms with Gasteiger partial charge in [-0.25, -0.2) is 0 Å². The molecular formula is C26H17Br2NO4. The van der Waals surface area contributed by atoms with Gasteiger partial charge < -0.3 is 9.15 Å². The fraction of sp³-hybridized carbons (Fsp3) is 0.0769. The van der Waals surface area contributed by atoms with Crippen LogP contribution in [0.4, 0.5) is 5.69 Å². The summed E-state index contributed by atoms with van der Waals surface area (Å²) in [4.78, 5) is 28.9. The second-order valence-corrected chi connectivity index (χ2v) is 9.37. The smallest absolute Gasteiger partial charge is 0.295 e. The molecule has 3 aromatic carbocycles. The molecule has 5 rings (SSSR count). The van der Waals surface area contributed by atoms with Crippen molar-refractivity contribution in [3.05, 3.63) is 115 Å². The molecule has 0 radical (unpaired) electrons. The van der Waals surface area contributed by atoms with Crippen molar-refractivity contribution in [2.45, 2.75) is 6.04 Å². The van der Waals surface area contributed by atoms with Crippen LogP contribution >= 0.6 is 31.9 Å². The zero-order chi connectivity index (χ0) is 23.1. The van der Waals surface area contributed by atoms with Gasteiger partial charge in [-0.15, -0.1) is 0 Å². The van der Waals surface area contributed by atoms with Crippen LogP contribution in [0.2, 0.25) is 0 Å². The summed E-state index contributed by atoms with van der Waals surface area (Å²) in [5, 5.41) is 0.419. The average Bonchev–Trinajstić information content (AvgIpc) is 3.11. The van der Waals surface area contributed by atoms with Crippen molar-refractivity contribution in [3.63, 3.8) is 0 Å². The molecule has 1 aliphatic rings. The van der Waals surface area contributed by atoms with Crippen LogP contribution in [0, 0.1) is 0 Å². The van der Waals surface area contributed by atoms with Crippen molar-refractivity contribution < 1.29 is 13.9 Å². The molecule has 1 aromatic heterocycles. The molecule has 164 valence electrons. The normalized spacial score (nSPS) is 15.0. The number of amides is 1. The van der Waals surface area contributed by atoms with Crippen LogP contribution in [0.1, 0.15) is 27.7 Å². The van der Waals surface area contributed by atoms with E-state index in [4.69, 9.17) is 9.15 Å². The summed E-state index contributed by atoms with van der Waals surface area (Å²) < 4.78 is 13.2. The van der Waals surface area contributed by atoms with E-state index in [0.717, 1.165) is 14.5 Å². The van der Waals surface area contributed by atoms with Crippen LogP contribution in [0.5, 0.6) is 5.75 Å².